The van der Waals surface area contributed by atoms with E-state index in [0.29, 0.717) is 28.4 Å². The van der Waals surface area contributed by atoms with Gasteiger partial charge in [0.25, 0.3) is 5.91 Å². The van der Waals surface area contributed by atoms with Crippen LogP contribution in [0.5, 0.6) is 0 Å². The van der Waals surface area contributed by atoms with Crippen molar-refractivity contribution in [1.82, 2.24) is 14.5 Å². The lowest BCUT2D eigenvalue weighted by molar-refractivity contribution is -0.140. The zero-order valence-corrected chi connectivity index (χ0v) is 22.6. The Kier molecular flexibility index (Phi) is 8.87. The van der Waals surface area contributed by atoms with Crippen LogP contribution in [0.1, 0.15) is 28.2 Å². The van der Waals surface area contributed by atoms with Crippen LogP contribution >= 0.6 is 0 Å². The molecule has 0 radical (unpaired) electrons. The Hall–Kier alpha value is -5.33. The number of benzene rings is 2. The van der Waals surface area contributed by atoms with Gasteiger partial charge in [-0.25, -0.2) is 19.2 Å². The standard InChI is InChI=1S/C28H28FN7O5/c1-35-22-10-7-17(27(38)36(13-11-25(37)40-2)23-6-4-5-12-31-23)14-21(22)33-24(35)16-32-18-8-9-20(29)19(15-18)26(30)34-28(39)41-3/h4-10,12,14-15,32H,11,13,16H2,1-3H3,(H2,30,34,39). The summed E-state index contributed by atoms with van der Waals surface area (Å²) in [5, 5.41) is 3.16. The first-order chi connectivity index (χ1) is 19.7. The third kappa shape index (κ3) is 6.64. The summed E-state index contributed by atoms with van der Waals surface area (Å²) in [7, 11) is 4.27. The van der Waals surface area contributed by atoms with Gasteiger partial charge >= 0.3 is 12.1 Å². The van der Waals surface area contributed by atoms with Crippen molar-refractivity contribution >= 4 is 46.3 Å². The summed E-state index contributed by atoms with van der Waals surface area (Å²) in [5.41, 5.74) is 7.96. The van der Waals surface area contributed by atoms with Gasteiger partial charge in [0.1, 0.15) is 23.3 Å². The monoisotopic (exact) mass is 561 g/mol. The number of anilines is 2. The molecule has 0 unspecified atom stereocenters. The van der Waals surface area contributed by atoms with Crippen molar-refractivity contribution in [1.29, 1.82) is 0 Å². The van der Waals surface area contributed by atoms with Crippen LogP contribution < -0.4 is 16.0 Å². The number of aryl methyl sites for hydroxylation is 1. The highest BCUT2D eigenvalue weighted by Crippen LogP contribution is 2.22. The number of methoxy groups -OCH3 is 2. The number of halogens is 1. The quantitative estimate of drug-likeness (QED) is 0.178. The zero-order chi connectivity index (χ0) is 29.5. The minimum absolute atomic E-state index is 0.00571. The molecule has 0 aliphatic heterocycles. The number of esters is 1. The third-order valence-corrected chi connectivity index (χ3v) is 6.24. The number of carbonyl (C=O) groups is 3. The molecule has 212 valence electrons. The van der Waals surface area contributed by atoms with Crippen molar-refractivity contribution in [3.8, 4) is 0 Å². The van der Waals surface area contributed by atoms with Crippen LogP contribution in [0.4, 0.5) is 20.7 Å². The first-order valence-electron chi connectivity index (χ1n) is 12.4. The number of pyridine rings is 1. The number of fused-ring (bicyclic) bond motifs is 1. The largest absolute Gasteiger partial charge is 0.469 e. The van der Waals surface area contributed by atoms with Crippen LogP contribution in [0.2, 0.25) is 0 Å². The second-order valence-electron chi connectivity index (χ2n) is 8.78. The molecule has 2 amide bonds. The Morgan fingerprint density at radius 2 is 1.90 bits per heavy atom. The fourth-order valence-corrected chi connectivity index (χ4v) is 4.05. The van der Waals surface area contributed by atoms with Gasteiger partial charge < -0.3 is 25.1 Å². The van der Waals surface area contributed by atoms with E-state index in [0.717, 1.165) is 12.6 Å². The molecular formula is C28H28FN7O5. The van der Waals surface area contributed by atoms with Gasteiger partial charge in [-0.2, -0.15) is 4.99 Å². The fourth-order valence-electron chi connectivity index (χ4n) is 4.05. The molecule has 3 N–H and O–H groups in total. The van der Waals surface area contributed by atoms with Gasteiger partial charge in [-0.15, -0.1) is 0 Å². The number of hydrogen-bond donors (Lipinski definition) is 2. The van der Waals surface area contributed by atoms with E-state index in [1.54, 1.807) is 42.6 Å². The molecule has 0 saturated heterocycles. The minimum Gasteiger partial charge on any atom is -0.469 e. The molecule has 0 atom stereocenters. The summed E-state index contributed by atoms with van der Waals surface area (Å²) in [6, 6.07) is 14.5. The number of aliphatic imine (C=N–C) groups is 1. The Labute approximate surface area is 234 Å². The summed E-state index contributed by atoms with van der Waals surface area (Å²) in [6.45, 7) is 0.346. The number of nitrogens with zero attached hydrogens (tertiary/aromatic N) is 5. The maximum atomic E-state index is 14.3. The Morgan fingerprint density at radius 3 is 2.61 bits per heavy atom. The van der Waals surface area contributed by atoms with Crippen molar-refractivity contribution in [2.24, 2.45) is 17.8 Å². The average molecular weight is 562 g/mol. The number of amidine groups is 1. The van der Waals surface area contributed by atoms with Crippen LogP contribution in [-0.2, 0) is 27.9 Å². The molecule has 2 aromatic carbocycles. The summed E-state index contributed by atoms with van der Waals surface area (Å²) in [5.74, 6) is -0.703. The van der Waals surface area contributed by atoms with Crippen molar-refractivity contribution in [2.75, 3.05) is 31.0 Å². The van der Waals surface area contributed by atoms with Crippen molar-refractivity contribution < 1.29 is 28.2 Å². The maximum Gasteiger partial charge on any atom is 0.435 e. The van der Waals surface area contributed by atoms with Crippen LogP contribution in [0.25, 0.3) is 11.0 Å². The highest BCUT2D eigenvalue weighted by Gasteiger charge is 2.21. The average Bonchev–Trinajstić information content (AvgIpc) is 3.31. The number of amides is 2. The topological polar surface area (TPSA) is 154 Å². The number of hydrogen-bond acceptors (Lipinski definition) is 8. The summed E-state index contributed by atoms with van der Waals surface area (Å²) in [6.07, 6.45) is 0.634. The number of ether oxygens (including phenoxy) is 2. The van der Waals surface area contributed by atoms with Gasteiger partial charge in [0, 0.05) is 31.0 Å². The normalized spacial score (nSPS) is 11.3. The maximum absolute atomic E-state index is 14.3. The predicted octanol–water partition coefficient (Wildman–Crippen LogP) is 3.40. The molecule has 0 spiro atoms. The lowest BCUT2D eigenvalue weighted by atomic mass is 10.1. The number of carbonyl (C=O) groups excluding carboxylic acids is 3. The molecule has 2 heterocycles. The van der Waals surface area contributed by atoms with E-state index in [2.05, 4.69) is 25.0 Å². The number of nitrogens with one attached hydrogen (secondary N) is 1. The minimum atomic E-state index is -0.940. The highest BCUT2D eigenvalue weighted by molar-refractivity contribution is 6.07. The van der Waals surface area contributed by atoms with E-state index >= 15 is 0 Å². The van der Waals surface area contributed by atoms with E-state index in [1.807, 2.05) is 11.6 Å². The number of rotatable bonds is 9. The van der Waals surface area contributed by atoms with Gasteiger partial charge in [-0.1, -0.05) is 6.07 Å². The molecule has 0 saturated carbocycles. The van der Waals surface area contributed by atoms with Crippen LogP contribution in [0.3, 0.4) is 0 Å². The van der Waals surface area contributed by atoms with E-state index < -0.39 is 17.9 Å². The van der Waals surface area contributed by atoms with Gasteiger partial charge in [-0.05, 0) is 48.5 Å². The summed E-state index contributed by atoms with van der Waals surface area (Å²) >= 11 is 0. The second kappa shape index (κ2) is 12.7. The van der Waals surface area contributed by atoms with Gasteiger partial charge in [-0.3, -0.25) is 14.5 Å². The van der Waals surface area contributed by atoms with E-state index in [-0.39, 0.29) is 36.8 Å². The van der Waals surface area contributed by atoms with Crippen LogP contribution in [-0.4, -0.2) is 59.1 Å². The first-order valence-corrected chi connectivity index (χ1v) is 12.4. The smallest absolute Gasteiger partial charge is 0.435 e. The Bertz CT molecular complexity index is 1620. The Balaban J connectivity index is 1.56. The molecule has 41 heavy (non-hydrogen) atoms. The number of imidazole rings is 1. The van der Waals surface area contributed by atoms with Crippen molar-refractivity contribution in [3.05, 3.63) is 83.6 Å². The van der Waals surface area contributed by atoms with Crippen molar-refractivity contribution in [2.45, 2.75) is 13.0 Å². The van der Waals surface area contributed by atoms with E-state index in [9.17, 15) is 18.8 Å². The highest BCUT2D eigenvalue weighted by atomic mass is 19.1. The van der Waals surface area contributed by atoms with Gasteiger partial charge in [0.2, 0.25) is 0 Å². The summed E-state index contributed by atoms with van der Waals surface area (Å²) in [4.78, 5) is 50.5. The molecule has 12 nitrogen and oxygen atoms in total. The molecular weight excluding hydrogens is 533 g/mol. The summed E-state index contributed by atoms with van der Waals surface area (Å²) < 4.78 is 25.3. The second-order valence-corrected chi connectivity index (χ2v) is 8.78. The molecule has 0 bridgehead atoms. The van der Waals surface area contributed by atoms with E-state index in [4.69, 9.17) is 10.5 Å². The predicted molar refractivity (Wildman–Crippen MR) is 150 cm³/mol. The molecule has 4 aromatic rings. The van der Waals surface area contributed by atoms with Gasteiger partial charge in [0.15, 0.2) is 0 Å². The van der Waals surface area contributed by atoms with Crippen molar-refractivity contribution in [3.63, 3.8) is 0 Å². The number of nitrogens with two attached hydrogens (primary N) is 1. The molecule has 0 fully saturated rings. The van der Waals surface area contributed by atoms with Gasteiger partial charge in [0.05, 0.1) is 43.8 Å². The fraction of sp³-hybridized carbons (Fsp3) is 0.214. The third-order valence-electron chi connectivity index (χ3n) is 6.24. The van der Waals surface area contributed by atoms with Crippen LogP contribution in [0, 0.1) is 5.82 Å². The van der Waals surface area contributed by atoms with Crippen LogP contribution in [0.15, 0.2) is 65.8 Å². The van der Waals surface area contributed by atoms with E-state index in [1.165, 1.54) is 30.2 Å². The Morgan fingerprint density at radius 1 is 1.10 bits per heavy atom. The molecule has 2 aromatic heterocycles. The first kappa shape index (κ1) is 28.7. The number of aromatic nitrogens is 3. The molecule has 13 heteroatoms. The molecule has 0 aliphatic rings. The lowest BCUT2D eigenvalue weighted by Gasteiger charge is -2.21. The zero-order valence-electron chi connectivity index (χ0n) is 22.6. The molecule has 0 aliphatic carbocycles. The lowest BCUT2D eigenvalue weighted by Crippen LogP contribution is -2.33. The molecule has 4 rings (SSSR count). The SMILES string of the molecule is COC(=O)CCN(C(=O)c1ccc2c(c1)nc(CNc1ccc(F)c(/C(N)=N/C(=O)OC)c1)n2C)c1ccccn1.